The third-order valence-corrected chi connectivity index (χ3v) is 4.54. The lowest BCUT2D eigenvalue weighted by molar-refractivity contribution is -0.146. The Hall–Kier alpha value is -1.40. The molecule has 1 aliphatic rings. The first-order valence-corrected chi connectivity index (χ1v) is 7.65. The number of carbonyl (C=O) groups is 2. The summed E-state index contributed by atoms with van der Waals surface area (Å²) in [6, 6.07) is 0.733. The second-order valence-electron chi connectivity index (χ2n) is 5.37. The fraction of sp³-hybridized carbons (Fsp3) is 0.571. The molecule has 2 rings (SSSR count). The summed E-state index contributed by atoms with van der Waals surface area (Å²) in [5.41, 5.74) is 0.831. The number of nitrogens with zero attached hydrogens (tertiary/aromatic N) is 1. The van der Waals surface area contributed by atoms with E-state index in [0.29, 0.717) is 6.54 Å². The minimum atomic E-state index is -0.895. The van der Waals surface area contributed by atoms with Crippen molar-refractivity contribution in [1.82, 2.24) is 10.2 Å². The molecule has 2 unspecified atom stereocenters. The number of thiophene rings is 1. The summed E-state index contributed by atoms with van der Waals surface area (Å²) in [6.07, 6.45) is 0.802. The highest BCUT2D eigenvalue weighted by atomic mass is 32.1. The van der Waals surface area contributed by atoms with Gasteiger partial charge < -0.3 is 10.4 Å². The van der Waals surface area contributed by atoms with Gasteiger partial charge in [-0.3, -0.25) is 14.5 Å². The predicted octanol–water partition coefficient (Wildman–Crippen LogP) is 1.64. The molecule has 1 aromatic rings. The van der Waals surface area contributed by atoms with Crippen LogP contribution in [0.5, 0.6) is 0 Å². The Labute approximate surface area is 122 Å². The molecule has 6 heteroatoms. The molecule has 20 heavy (non-hydrogen) atoms. The third-order valence-electron chi connectivity index (χ3n) is 3.54. The Morgan fingerprint density at radius 1 is 1.45 bits per heavy atom. The predicted molar refractivity (Wildman–Crippen MR) is 77.8 cm³/mol. The number of fused-ring (bicyclic) bond motifs is 1. The first-order chi connectivity index (χ1) is 9.41. The number of aliphatic carboxylic acids is 1. The van der Waals surface area contributed by atoms with Crippen molar-refractivity contribution in [2.75, 3.05) is 6.54 Å². The van der Waals surface area contributed by atoms with E-state index in [2.05, 4.69) is 5.32 Å². The summed E-state index contributed by atoms with van der Waals surface area (Å²) in [5, 5.41) is 14.3. The topological polar surface area (TPSA) is 69.6 Å². The van der Waals surface area contributed by atoms with Crippen LogP contribution in [-0.2, 0) is 16.0 Å². The van der Waals surface area contributed by atoms with Crippen molar-refractivity contribution >= 4 is 23.2 Å². The normalized spacial score (nSPS) is 20.5. The first-order valence-electron chi connectivity index (χ1n) is 6.77. The van der Waals surface area contributed by atoms with Crippen LogP contribution in [0.1, 0.15) is 37.3 Å². The summed E-state index contributed by atoms with van der Waals surface area (Å²) in [7, 11) is 0. The van der Waals surface area contributed by atoms with Crippen LogP contribution < -0.4 is 5.32 Å². The van der Waals surface area contributed by atoms with E-state index >= 15 is 0 Å². The molecule has 0 saturated carbocycles. The number of hydrogen-bond acceptors (Lipinski definition) is 4. The zero-order valence-corrected chi connectivity index (χ0v) is 12.7. The van der Waals surface area contributed by atoms with Crippen LogP contribution in [0.15, 0.2) is 11.4 Å². The van der Waals surface area contributed by atoms with Crippen LogP contribution in [0.2, 0.25) is 0 Å². The molecule has 0 spiro atoms. The standard InChI is InChI=1S/C14H20N2O3S/c1-8(2)15-13(17)9(3)16-6-4-11-10(5-7-20-11)12(16)14(18)19/h5,7-9,12H,4,6H2,1-3H3,(H,15,17)(H,18,19). The fourth-order valence-electron chi connectivity index (χ4n) is 2.58. The number of carboxylic acids is 1. The van der Waals surface area contributed by atoms with Crippen molar-refractivity contribution in [2.45, 2.75) is 45.3 Å². The van der Waals surface area contributed by atoms with Crippen LogP contribution in [0.3, 0.4) is 0 Å². The highest BCUT2D eigenvalue weighted by Gasteiger charge is 2.38. The summed E-state index contributed by atoms with van der Waals surface area (Å²) in [5.74, 6) is -1.02. The van der Waals surface area contributed by atoms with Crippen molar-refractivity contribution in [3.05, 3.63) is 21.9 Å². The highest BCUT2D eigenvalue weighted by Crippen LogP contribution is 2.34. The zero-order valence-electron chi connectivity index (χ0n) is 11.9. The van der Waals surface area contributed by atoms with Gasteiger partial charge in [-0.25, -0.2) is 0 Å². The average molecular weight is 296 g/mol. The molecular formula is C14H20N2O3S. The Bertz CT molecular complexity index is 512. The number of carbonyl (C=O) groups excluding carboxylic acids is 1. The largest absolute Gasteiger partial charge is 0.480 e. The molecule has 2 atom stereocenters. The second kappa shape index (κ2) is 5.93. The van der Waals surface area contributed by atoms with Gasteiger partial charge >= 0.3 is 5.97 Å². The molecule has 0 fully saturated rings. The Kier molecular flexibility index (Phi) is 4.45. The lowest BCUT2D eigenvalue weighted by atomic mass is 9.98. The van der Waals surface area contributed by atoms with Crippen LogP contribution in [0, 0.1) is 0 Å². The van der Waals surface area contributed by atoms with Gasteiger partial charge in [0.05, 0.1) is 6.04 Å². The van der Waals surface area contributed by atoms with E-state index in [1.54, 1.807) is 23.2 Å². The van der Waals surface area contributed by atoms with Crippen molar-refractivity contribution in [3.8, 4) is 0 Å². The van der Waals surface area contributed by atoms with E-state index in [0.717, 1.165) is 16.9 Å². The van der Waals surface area contributed by atoms with Crippen molar-refractivity contribution in [2.24, 2.45) is 0 Å². The van der Waals surface area contributed by atoms with Crippen molar-refractivity contribution < 1.29 is 14.7 Å². The number of rotatable bonds is 4. The lowest BCUT2D eigenvalue weighted by Gasteiger charge is -2.37. The molecule has 1 amide bonds. The van der Waals surface area contributed by atoms with E-state index in [1.165, 1.54) is 0 Å². The van der Waals surface area contributed by atoms with Crippen molar-refractivity contribution in [1.29, 1.82) is 0 Å². The number of amides is 1. The van der Waals surface area contributed by atoms with E-state index in [-0.39, 0.29) is 11.9 Å². The maximum atomic E-state index is 12.1. The molecule has 2 heterocycles. The van der Waals surface area contributed by atoms with Crippen LogP contribution >= 0.6 is 11.3 Å². The smallest absolute Gasteiger partial charge is 0.325 e. The van der Waals surface area contributed by atoms with Gasteiger partial charge in [0.2, 0.25) is 5.91 Å². The van der Waals surface area contributed by atoms with Crippen LogP contribution in [0.25, 0.3) is 0 Å². The lowest BCUT2D eigenvalue weighted by Crippen LogP contribution is -2.51. The van der Waals surface area contributed by atoms with Gasteiger partial charge in [-0.1, -0.05) is 0 Å². The molecule has 1 aromatic heterocycles. The SMILES string of the molecule is CC(C)NC(=O)C(C)N1CCc2sccc2C1C(=O)O. The molecule has 0 radical (unpaired) electrons. The molecule has 110 valence electrons. The Morgan fingerprint density at radius 3 is 2.75 bits per heavy atom. The Morgan fingerprint density at radius 2 is 2.15 bits per heavy atom. The van der Waals surface area contributed by atoms with Crippen molar-refractivity contribution in [3.63, 3.8) is 0 Å². The van der Waals surface area contributed by atoms with Gasteiger partial charge in [0.15, 0.2) is 0 Å². The highest BCUT2D eigenvalue weighted by molar-refractivity contribution is 7.10. The first kappa shape index (κ1) is 15.0. The summed E-state index contributed by atoms with van der Waals surface area (Å²) in [6.45, 7) is 6.15. The van der Waals surface area contributed by atoms with Gasteiger partial charge in [-0.2, -0.15) is 0 Å². The van der Waals surface area contributed by atoms with Gasteiger partial charge in [-0.05, 0) is 44.2 Å². The maximum absolute atomic E-state index is 12.1. The Balaban J connectivity index is 2.23. The quantitative estimate of drug-likeness (QED) is 0.886. The molecule has 1 aliphatic heterocycles. The number of hydrogen-bond donors (Lipinski definition) is 2. The summed E-state index contributed by atoms with van der Waals surface area (Å²) < 4.78 is 0. The molecule has 5 nitrogen and oxygen atoms in total. The van der Waals surface area contributed by atoms with E-state index in [4.69, 9.17) is 0 Å². The molecule has 0 saturated heterocycles. The molecule has 0 bridgehead atoms. The zero-order chi connectivity index (χ0) is 14.9. The molecule has 2 N–H and O–H groups in total. The summed E-state index contributed by atoms with van der Waals surface area (Å²) in [4.78, 5) is 26.6. The third kappa shape index (κ3) is 2.86. The van der Waals surface area contributed by atoms with E-state index in [1.807, 2.05) is 25.3 Å². The number of carboxylic acid groups (broad SMARTS) is 1. The fourth-order valence-corrected chi connectivity index (χ4v) is 3.49. The summed E-state index contributed by atoms with van der Waals surface area (Å²) >= 11 is 1.59. The molecule has 0 aliphatic carbocycles. The average Bonchev–Trinajstić information content (AvgIpc) is 2.83. The van der Waals surface area contributed by atoms with Gasteiger partial charge in [0.1, 0.15) is 6.04 Å². The van der Waals surface area contributed by atoms with Gasteiger partial charge in [-0.15, -0.1) is 11.3 Å². The maximum Gasteiger partial charge on any atom is 0.325 e. The van der Waals surface area contributed by atoms with Gasteiger partial charge in [0.25, 0.3) is 0 Å². The van der Waals surface area contributed by atoms with Crippen LogP contribution in [-0.4, -0.2) is 40.5 Å². The molecular weight excluding hydrogens is 276 g/mol. The minimum absolute atomic E-state index is 0.0507. The van der Waals surface area contributed by atoms with Gasteiger partial charge in [0, 0.05) is 17.5 Å². The minimum Gasteiger partial charge on any atom is -0.480 e. The van der Waals surface area contributed by atoms with E-state index in [9.17, 15) is 14.7 Å². The van der Waals surface area contributed by atoms with E-state index < -0.39 is 18.1 Å². The molecule has 0 aromatic carbocycles. The number of nitrogens with one attached hydrogen (secondary N) is 1. The second-order valence-corrected chi connectivity index (χ2v) is 6.37. The van der Waals surface area contributed by atoms with Crippen LogP contribution in [0.4, 0.5) is 0 Å². The monoisotopic (exact) mass is 296 g/mol.